The number of benzene rings is 2. The van der Waals surface area contributed by atoms with Crippen molar-refractivity contribution >= 4 is 7.82 Å². The molecule has 2 aliphatic heterocycles. The molecule has 0 bridgehead atoms. The van der Waals surface area contributed by atoms with Crippen molar-refractivity contribution in [2.75, 3.05) is 0 Å². The fourth-order valence-corrected chi connectivity index (χ4v) is 10.3. The van der Waals surface area contributed by atoms with Gasteiger partial charge in [0.2, 0.25) is 0 Å². The Morgan fingerprint density at radius 2 is 0.867 bits per heavy atom. The Balaban J connectivity index is 0.00000961. The molecule has 0 saturated carbocycles. The van der Waals surface area contributed by atoms with Crippen molar-refractivity contribution in [2.45, 2.75) is 222 Å². The molecule has 0 N–H and O–H groups in total. The van der Waals surface area contributed by atoms with E-state index in [2.05, 4.69) is 69.2 Å². The molecule has 0 amide bonds. The molecule has 0 saturated heterocycles. The third kappa shape index (κ3) is 19.7. The maximum Gasteiger partial charge on any atom is 1.00 e. The van der Waals surface area contributed by atoms with Crippen LogP contribution in [0.25, 0.3) is 0 Å². The first-order valence-corrected chi connectivity index (χ1v) is 25.7. The first kappa shape index (κ1) is 53.2. The maximum absolute atomic E-state index is 13.1. The topological polar surface area (TPSA) is 77.1 Å². The Kier molecular flexibility index (Phi) is 23.0. The summed E-state index contributed by atoms with van der Waals surface area (Å²) in [4.78, 5) is 13.1. The largest absolute Gasteiger partial charge is 1.00 e. The van der Waals surface area contributed by atoms with Gasteiger partial charge in [0.05, 0.1) is 0 Å². The minimum atomic E-state index is -4.69. The first-order valence-electron chi connectivity index (χ1n) is 24.3. The van der Waals surface area contributed by atoms with Crippen LogP contribution in [0.2, 0.25) is 0 Å². The number of phosphoric acid groups is 1. The molecule has 0 aromatic heterocycles. The smallest absolute Gasteiger partial charge is 0.736 e. The minimum absolute atomic E-state index is 0. The van der Waals surface area contributed by atoms with Gasteiger partial charge in [-0.25, -0.2) is 4.57 Å². The van der Waals surface area contributed by atoms with Gasteiger partial charge in [-0.15, -0.1) is 0 Å². The van der Waals surface area contributed by atoms with Crippen molar-refractivity contribution in [3.63, 3.8) is 0 Å². The molecular formula is C52H86NaO6P. The standard InChI is InChI=1S/C52H87O6P.Na/c1-39(2)17-11-19-41(5)21-13-23-43(7)25-15-33-51(9)35-31-45-37-47(27-29-49(45)55-51)57-59(53,54)58-48-28-30-50-46(38-48)32-36-52(10,56-50)34-16-26-44(8)24-14-22-42(6)20-12-18-40(3)4;/h27-30,37-44H,11-26,31-36H2,1-10H3,(H,53,54);/q;+1/p-1. The number of hydrogen-bond acceptors (Lipinski definition) is 6. The van der Waals surface area contributed by atoms with E-state index >= 15 is 0 Å². The number of phosphoric ester groups is 1. The van der Waals surface area contributed by atoms with E-state index in [1.54, 1.807) is 24.3 Å². The summed E-state index contributed by atoms with van der Waals surface area (Å²) in [7, 11) is -4.69. The number of fused-ring (bicyclic) bond motifs is 2. The molecule has 6 nitrogen and oxygen atoms in total. The molecule has 60 heavy (non-hydrogen) atoms. The third-order valence-electron chi connectivity index (χ3n) is 13.6. The second-order valence-corrected chi connectivity index (χ2v) is 22.2. The van der Waals surface area contributed by atoms with Crippen LogP contribution in [0.15, 0.2) is 36.4 Å². The van der Waals surface area contributed by atoms with Crippen LogP contribution < -0.4 is 53.0 Å². The van der Waals surface area contributed by atoms with E-state index < -0.39 is 7.82 Å². The first-order chi connectivity index (χ1) is 27.9. The summed E-state index contributed by atoms with van der Waals surface area (Å²) >= 11 is 0. The molecule has 0 spiro atoms. The third-order valence-corrected chi connectivity index (χ3v) is 14.5. The Morgan fingerprint density at radius 3 is 1.20 bits per heavy atom. The zero-order valence-electron chi connectivity index (χ0n) is 40.4. The summed E-state index contributed by atoms with van der Waals surface area (Å²) in [5, 5.41) is 0. The summed E-state index contributed by atoms with van der Waals surface area (Å²) in [5.41, 5.74) is 1.51. The predicted octanol–water partition coefficient (Wildman–Crippen LogP) is 12.7. The van der Waals surface area contributed by atoms with Crippen LogP contribution in [0, 0.1) is 35.5 Å². The summed E-state index contributed by atoms with van der Waals surface area (Å²) in [6.07, 6.45) is 26.4. The molecule has 0 fully saturated rings. The fourth-order valence-electron chi connectivity index (χ4n) is 9.48. The van der Waals surface area contributed by atoms with Crippen LogP contribution >= 0.6 is 7.82 Å². The Bertz CT molecular complexity index is 1470. The van der Waals surface area contributed by atoms with Gasteiger partial charge < -0.3 is 23.4 Å². The maximum atomic E-state index is 13.1. The normalized spacial score (nSPS) is 21.7. The molecule has 2 heterocycles. The zero-order valence-corrected chi connectivity index (χ0v) is 43.3. The van der Waals surface area contributed by atoms with Crippen molar-refractivity contribution in [3.8, 4) is 23.0 Å². The molecule has 6 atom stereocenters. The van der Waals surface area contributed by atoms with Crippen molar-refractivity contribution in [2.24, 2.45) is 35.5 Å². The van der Waals surface area contributed by atoms with Gasteiger partial charge in [-0.2, -0.15) is 0 Å². The summed E-state index contributed by atoms with van der Waals surface area (Å²) in [6, 6.07) is 10.6. The van der Waals surface area contributed by atoms with Crippen LogP contribution in [0.3, 0.4) is 0 Å². The Hall–Kier alpha value is -1.17. The van der Waals surface area contributed by atoms with Crippen LogP contribution in [-0.4, -0.2) is 11.2 Å². The number of aryl methyl sites for hydroxylation is 2. The molecule has 336 valence electrons. The zero-order chi connectivity index (χ0) is 43.1. The van der Waals surface area contributed by atoms with Crippen LogP contribution in [0.4, 0.5) is 0 Å². The van der Waals surface area contributed by atoms with Gasteiger partial charge in [0.15, 0.2) is 0 Å². The second-order valence-electron chi connectivity index (χ2n) is 21.0. The van der Waals surface area contributed by atoms with Gasteiger partial charge >= 0.3 is 37.4 Å². The van der Waals surface area contributed by atoms with Crippen molar-refractivity contribution in [1.82, 2.24) is 0 Å². The summed E-state index contributed by atoms with van der Waals surface area (Å²) < 4.78 is 37.1. The average molecular weight is 861 g/mol. The molecule has 2 aromatic rings. The van der Waals surface area contributed by atoms with Crippen molar-refractivity contribution < 1.29 is 57.5 Å². The molecule has 6 unspecified atom stereocenters. The van der Waals surface area contributed by atoms with Crippen LogP contribution in [-0.2, 0) is 17.4 Å². The van der Waals surface area contributed by atoms with Crippen molar-refractivity contribution in [3.05, 3.63) is 47.5 Å². The number of hydrogen-bond donors (Lipinski definition) is 0. The summed E-state index contributed by atoms with van der Waals surface area (Å²) in [5.74, 6) is 6.90. The van der Waals surface area contributed by atoms with E-state index in [0.717, 1.165) is 109 Å². The van der Waals surface area contributed by atoms with Crippen LogP contribution in [0.5, 0.6) is 23.0 Å². The van der Waals surface area contributed by atoms with Gasteiger partial charge in [0.25, 0.3) is 0 Å². The van der Waals surface area contributed by atoms with E-state index in [4.69, 9.17) is 18.5 Å². The Labute approximate surface area is 390 Å². The van der Waals surface area contributed by atoms with Gasteiger partial charge in [0.1, 0.15) is 34.2 Å². The van der Waals surface area contributed by atoms with Gasteiger partial charge in [-0.1, -0.05) is 145 Å². The Morgan fingerprint density at radius 1 is 0.550 bits per heavy atom. The van der Waals surface area contributed by atoms with Gasteiger partial charge in [0, 0.05) is 0 Å². The molecule has 4 rings (SSSR count). The molecule has 0 radical (unpaired) electrons. The molecule has 2 aromatic carbocycles. The van der Waals surface area contributed by atoms with Gasteiger partial charge in [-0.3, -0.25) is 0 Å². The minimum Gasteiger partial charge on any atom is -0.736 e. The van der Waals surface area contributed by atoms with Crippen LogP contribution in [0.1, 0.15) is 209 Å². The monoisotopic (exact) mass is 861 g/mol. The average Bonchev–Trinajstić information content (AvgIpc) is 3.14. The molecule has 0 aliphatic carbocycles. The summed E-state index contributed by atoms with van der Waals surface area (Å²) in [6.45, 7) is 23.4. The number of rotatable bonds is 28. The quantitative estimate of drug-likeness (QED) is 0.0626. The van der Waals surface area contributed by atoms with Crippen molar-refractivity contribution in [1.29, 1.82) is 0 Å². The van der Waals surface area contributed by atoms with E-state index in [-0.39, 0.29) is 52.3 Å². The SMILES string of the molecule is CC(C)CCCC(C)CCCC(C)CCCC1(C)CCc2cc(OP(=O)([O-])Oc3ccc4c(c3)CCC(C)(CCCC(C)CCCC(C)CCCC(C)C)O4)ccc2O1.[Na+]. The second kappa shape index (κ2) is 26.0. The van der Waals surface area contributed by atoms with E-state index in [9.17, 15) is 9.46 Å². The van der Waals surface area contributed by atoms with E-state index in [1.165, 1.54) is 89.9 Å². The number of ether oxygens (including phenoxy) is 2. The van der Waals surface area contributed by atoms with E-state index in [0.29, 0.717) is 0 Å². The van der Waals surface area contributed by atoms with Gasteiger partial charge in [-0.05, 0) is 148 Å². The molecular weight excluding hydrogens is 775 g/mol. The molecule has 8 heteroatoms. The van der Waals surface area contributed by atoms with E-state index in [1.807, 2.05) is 12.1 Å². The molecule has 2 aliphatic rings. The predicted molar refractivity (Wildman–Crippen MR) is 246 cm³/mol. The fraction of sp³-hybridized carbons (Fsp3) is 0.769.